The predicted octanol–water partition coefficient (Wildman–Crippen LogP) is 4.84. The van der Waals surface area contributed by atoms with Crippen molar-refractivity contribution in [1.82, 2.24) is 0 Å². The number of ketones is 2. The minimum atomic E-state index is -1.20. The Hall–Kier alpha value is -4.06. The lowest BCUT2D eigenvalue weighted by Crippen LogP contribution is -2.52. The van der Waals surface area contributed by atoms with Gasteiger partial charge in [0, 0.05) is 31.1 Å². The van der Waals surface area contributed by atoms with E-state index < -0.39 is 29.6 Å². The van der Waals surface area contributed by atoms with Crippen molar-refractivity contribution in [1.29, 1.82) is 0 Å². The summed E-state index contributed by atoms with van der Waals surface area (Å²) >= 11 is 0. The minimum Gasteiger partial charge on any atom is -0.314 e. The quantitative estimate of drug-likeness (QED) is 0.501. The van der Waals surface area contributed by atoms with Crippen LogP contribution in [0, 0.1) is 11.8 Å². The fraction of sp³-hybridized carbons (Fsp3) is 0.267. The summed E-state index contributed by atoms with van der Waals surface area (Å²) in [5, 5.41) is 0. The van der Waals surface area contributed by atoms with Gasteiger partial charge >= 0.3 is 0 Å². The standard InChI is InChI=1S/C30H28N2O4/c1-17(2)18-13-15-19(16-14-18)24(25-27(33)20-9-5-7-11-22(20)31(3)29(25)35)26-28(34)21-10-6-8-12-23(21)32(4)30(26)36/h5-17,24-26H,1-4H3/t25-,26-/m0/s1. The molecule has 0 N–H and O–H groups in total. The molecule has 6 heteroatoms. The van der Waals surface area contributed by atoms with Gasteiger partial charge < -0.3 is 9.80 Å². The van der Waals surface area contributed by atoms with Crippen LogP contribution < -0.4 is 9.80 Å². The van der Waals surface area contributed by atoms with Gasteiger partial charge in [-0.05, 0) is 41.3 Å². The fourth-order valence-corrected chi connectivity index (χ4v) is 5.48. The van der Waals surface area contributed by atoms with Crippen molar-refractivity contribution in [2.45, 2.75) is 25.7 Å². The third kappa shape index (κ3) is 3.56. The molecule has 6 nitrogen and oxygen atoms in total. The Bertz CT molecular complexity index is 1310. The Morgan fingerprint density at radius 2 is 0.972 bits per heavy atom. The van der Waals surface area contributed by atoms with Gasteiger partial charge in [-0.25, -0.2) is 0 Å². The fourth-order valence-electron chi connectivity index (χ4n) is 5.48. The van der Waals surface area contributed by atoms with Crippen LogP contribution in [0.3, 0.4) is 0 Å². The number of carbonyl (C=O) groups is 4. The van der Waals surface area contributed by atoms with Crippen molar-refractivity contribution in [3.8, 4) is 0 Å². The van der Waals surface area contributed by atoms with E-state index in [0.29, 0.717) is 28.1 Å². The number of fused-ring (bicyclic) bond motifs is 2. The average molecular weight is 481 g/mol. The molecule has 5 rings (SSSR count). The van der Waals surface area contributed by atoms with Crippen LogP contribution in [0.1, 0.15) is 57.5 Å². The number of rotatable bonds is 4. The van der Waals surface area contributed by atoms with Gasteiger partial charge in [-0.2, -0.15) is 0 Å². The maximum Gasteiger partial charge on any atom is 0.238 e. The van der Waals surface area contributed by atoms with E-state index in [2.05, 4.69) is 13.8 Å². The van der Waals surface area contributed by atoms with Crippen molar-refractivity contribution in [2.24, 2.45) is 11.8 Å². The molecule has 3 aromatic carbocycles. The molecule has 0 fully saturated rings. The van der Waals surface area contributed by atoms with E-state index in [1.165, 1.54) is 9.80 Å². The van der Waals surface area contributed by atoms with Gasteiger partial charge in [0.1, 0.15) is 11.8 Å². The first-order valence-corrected chi connectivity index (χ1v) is 12.1. The number of anilines is 2. The number of nitrogens with zero attached hydrogens (tertiary/aromatic N) is 2. The van der Waals surface area contributed by atoms with Crippen LogP contribution in [-0.2, 0) is 9.59 Å². The van der Waals surface area contributed by atoms with Gasteiger partial charge in [-0.3, -0.25) is 19.2 Å². The lowest BCUT2D eigenvalue weighted by atomic mass is 9.68. The Labute approximate surface area is 210 Å². The van der Waals surface area contributed by atoms with Crippen LogP contribution in [0.4, 0.5) is 11.4 Å². The Morgan fingerprint density at radius 1 is 0.583 bits per heavy atom. The molecule has 0 bridgehead atoms. The number of amides is 2. The van der Waals surface area contributed by atoms with Crippen molar-refractivity contribution in [3.63, 3.8) is 0 Å². The van der Waals surface area contributed by atoms with Crippen molar-refractivity contribution < 1.29 is 19.2 Å². The Kier molecular flexibility index (Phi) is 5.83. The minimum absolute atomic E-state index is 0.282. The second-order valence-electron chi connectivity index (χ2n) is 9.86. The van der Waals surface area contributed by atoms with E-state index in [1.807, 2.05) is 24.3 Å². The Balaban J connectivity index is 1.71. The molecule has 0 saturated heterocycles. The molecule has 0 aliphatic carbocycles. The first-order chi connectivity index (χ1) is 17.2. The summed E-state index contributed by atoms with van der Waals surface area (Å²) in [6.07, 6.45) is 0. The number of carbonyl (C=O) groups excluding carboxylic acids is 4. The molecule has 3 aromatic rings. The van der Waals surface area contributed by atoms with E-state index in [9.17, 15) is 19.2 Å². The van der Waals surface area contributed by atoms with Gasteiger partial charge in [-0.1, -0.05) is 62.4 Å². The molecule has 2 amide bonds. The van der Waals surface area contributed by atoms with Crippen molar-refractivity contribution in [3.05, 3.63) is 95.1 Å². The SMILES string of the molecule is CC(C)c1ccc(C([C@H]2C(=O)c3ccccc3N(C)C2=O)[C@H]2C(=O)c3ccccc3N(C)C2=O)cc1. The number of hydrogen-bond acceptors (Lipinski definition) is 4. The molecular weight excluding hydrogens is 452 g/mol. The van der Waals surface area contributed by atoms with Crippen LogP contribution >= 0.6 is 0 Å². The number of para-hydroxylation sites is 2. The zero-order chi connectivity index (χ0) is 25.7. The largest absolute Gasteiger partial charge is 0.314 e. The average Bonchev–Trinajstić information content (AvgIpc) is 2.90. The molecule has 182 valence electrons. The summed E-state index contributed by atoms with van der Waals surface area (Å²) in [5.41, 5.74) is 3.60. The summed E-state index contributed by atoms with van der Waals surface area (Å²) in [6.45, 7) is 4.15. The zero-order valence-electron chi connectivity index (χ0n) is 20.8. The van der Waals surface area contributed by atoms with Gasteiger partial charge in [0.15, 0.2) is 11.6 Å². The highest BCUT2D eigenvalue weighted by atomic mass is 16.2. The molecule has 36 heavy (non-hydrogen) atoms. The first kappa shape index (κ1) is 23.7. The maximum atomic E-state index is 13.9. The molecular formula is C30H28N2O4. The van der Waals surface area contributed by atoms with E-state index in [4.69, 9.17) is 0 Å². The number of benzene rings is 3. The topological polar surface area (TPSA) is 74.8 Å². The molecule has 2 atom stereocenters. The summed E-state index contributed by atoms with van der Waals surface area (Å²) < 4.78 is 0. The number of hydrogen-bond donors (Lipinski definition) is 0. The number of Topliss-reactive ketones (excluding diaryl/α,β-unsaturated/α-hetero) is 2. The summed E-state index contributed by atoms with van der Waals surface area (Å²) in [7, 11) is 3.26. The molecule has 2 aliphatic heterocycles. The first-order valence-electron chi connectivity index (χ1n) is 12.1. The third-order valence-electron chi connectivity index (χ3n) is 7.53. The van der Waals surface area contributed by atoms with E-state index in [0.717, 1.165) is 5.56 Å². The van der Waals surface area contributed by atoms with Crippen LogP contribution in [0.2, 0.25) is 0 Å². The van der Waals surface area contributed by atoms with Gasteiger partial charge in [0.05, 0.1) is 11.4 Å². The monoisotopic (exact) mass is 480 g/mol. The third-order valence-corrected chi connectivity index (χ3v) is 7.53. The van der Waals surface area contributed by atoms with Crippen LogP contribution in [0.15, 0.2) is 72.8 Å². The molecule has 0 unspecified atom stereocenters. The van der Waals surface area contributed by atoms with E-state index in [-0.39, 0.29) is 17.5 Å². The molecule has 0 radical (unpaired) electrons. The molecule has 2 aliphatic rings. The van der Waals surface area contributed by atoms with Crippen LogP contribution in [-0.4, -0.2) is 37.5 Å². The maximum absolute atomic E-state index is 13.9. The highest BCUT2D eigenvalue weighted by Crippen LogP contribution is 2.45. The lowest BCUT2D eigenvalue weighted by Gasteiger charge is -2.40. The summed E-state index contributed by atoms with van der Waals surface area (Å²) in [6, 6.07) is 21.5. The highest BCUT2D eigenvalue weighted by molar-refractivity contribution is 6.25. The lowest BCUT2D eigenvalue weighted by molar-refractivity contribution is -0.124. The second kappa shape index (κ2) is 8.86. The zero-order valence-corrected chi connectivity index (χ0v) is 20.8. The molecule has 0 saturated carbocycles. The van der Waals surface area contributed by atoms with Gasteiger partial charge in [-0.15, -0.1) is 0 Å². The summed E-state index contributed by atoms with van der Waals surface area (Å²) in [5.74, 6) is -4.64. The smallest absolute Gasteiger partial charge is 0.238 e. The molecule has 0 aromatic heterocycles. The highest BCUT2D eigenvalue weighted by Gasteiger charge is 2.52. The normalized spacial score (nSPS) is 19.7. The predicted molar refractivity (Wildman–Crippen MR) is 139 cm³/mol. The van der Waals surface area contributed by atoms with Gasteiger partial charge in [0.2, 0.25) is 11.8 Å². The second-order valence-corrected chi connectivity index (χ2v) is 9.86. The van der Waals surface area contributed by atoms with Crippen molar-refractivity contribution >= 4 is 34.8 Å². The summed E-state index contributed by atoms with van der Waals surface area (Å²) in [4.78, 5) is 58.1. The van der Waals surface area contributed by atoms with E-state index in [1.54, 1.807) is 62.6 Å². The van der Waals surface area contributed by atoms with Gasteiger partial charge in [0.25, 0.3) is 0 Å². The van der Waals surface area contributed by atoms with Crippen molar-refractivity contribution in [2.75, 3.05) is 23.9 Å². The molecule has 0 spiro atoms. The van der Waals surface area contributed by atoms with Crippen LogP contribution in [0.25, 0.3) is 0 Å². The van der Waals surface area contributed by atoms with E-state index >= 15 is 0 Å². The Morgan fingerprint density at radius 3 is 1.39 bits per heavy atom. The molecule has 2 heterocycles. The van der Waals surface area contributed by atoms with Crippen LogP contribution in [0.5, 0.6) is 0 Å².